The van der Waals surface area contributed by atoms with E-state index >= 15 is 0 Å². The Bertz CT molecular complexity index is 299. The molecule has 78 valence electrons. The summed E-state index contributed by atoms with van der Waals surface area (Å²) < 4.78 is 13.7. The van der Waals surface area contributed by atoms with E-state index in [0.29, 0.717) is 4.47 Å². The monoisotopic (exact) mass is 278 g/mol. The first kappa shape index (κ1) is 12.0. The van der Waals surface area contributed by atoms with Crippen molar-refractivity contribution >= 4 is 27.5 Å². The molecule has 1 atom stereocenters. The van der Waals surface area contributed by atoms with Gasteiger partial charge in [-0.15, -0.1) is 11.6 Å². The maximum atomic E-state index is 13.1. The van der Waals surface area contributed by atoms with E-state index in [-0.39, 0.29) is 11.2 Å². The summed E-state index contributed by atoms with van der Waals surface area (Å²) in [5.74, 6) is -0.193. The lowest BCUT2D eigenvalue weighted by atomic mass is 10.1. The average Bonchev–Trinajstić information content (AvgIpc) is 2.12. The first-order chi connectivity index (χ1) is 6.61. The molecule has 0 spiro atoms. The van der Waals surface area contributed by atoms with Gasteiger partial charge in [-0.05, 0) is 53.7 Å². The highest BCUT2D eigenvalue weighted by Gasteiger charge is 2.05. The molecule has 1 unspecified atom stereocenters. The summed E-state index contributed by atoms with van der Waals surface area (Å²) in [4.78, 5) is 0. The Morgan fingerprint density at radius 3 is 2.86 bits per heavy atom. The summed E-state index contributed by atoms with van der Waals surface area (Å²) in [6.45, 7) is 1.97. The van der Waals surface area contributed by atoms with Gasteiger partial charge in [0.1, 0.15) is 5.82 Å². The van der Waals surface area contributed by atoms with Crippen molar-refractivity contribution < 1.29 is 4.39 Å². The van der Waals surface area contributed by atoms with Crippen LogP contribution in [0.3, 0.4) is 0 Å². The number of hydrogen-bond acceptors (Lipinski definition) is 0. The first-order valence-electron chi connectivity index (χ1n) is 4.68. The molecule has 0 N–H and O–H groups in total. The zero-order chi connectivity index (χ0) is 10.6. The topological polar surface area (TPSA) is 0 Å². The van der Waals surface area contributed by atoms with Crippen molar-refractivity contribution in [1.29, 1.82) is 0 Å². The molecule has 1 rings (SSSR count). The maximum Gasteiger partial charge on any atom is 0.137 e. The molecule has 0 amide bonds. The lowest BCUT2D eigenvalue weighted by Crippen LogP contribution is -1.94. The minimum atomic E-state index is -0.193. The van der Waals surface area contributed by atoms with Crippen molar-refractivity contribution in [2.24, 2.45) is 0 Å². The lowest BCUT2D eigenvalue weighted by molar-refractivity contribution is 0.615. The van der Waals surface area contributed by atoms with Crippen LogP contribution in [0.25, 0.3) is 0 Å². The second-order valence-electron chi connectivity index (χ2n) is 3.39. The van der Waals surface area contributed by atoms with Crippen LogP contribution in [0.15, 0.2) is 22.7 Å². The largest absolute Gasteiger partial charge is 0.206 e. The third-order valence-electron chi connectivity index (χ3n) is 2.08. The number of benzene rings is 1. The van der Waals surface area contributed by atoms with Crippen LogP contribution in [0.5, 0.6) is 0 Å². The molecule has 0 bridgehead atoms. The van der Waals surface area contributed by atoms with Gasteiger partial charge in [0.05, 0.1) is 4.47 Å². The molecule has 0 nitrogen and oxygen atoms in total. The lowest BCUT2D eigenvalue weighted by Gasteiger charge is -2.05. The fourth-order valence-corrected chi connectivity index (χ4v) is 1.93. The van der Waals surface area contributed by atoms with Crippen LogP contribution in [-0.4, -0.2) is 5.38 Å². The zero-order valence-electron chi connectivity index (χ0n) is 8.06. The number of rotatable bonds is 4. The van der Waals surface area contributed by atoms with Gasteiger partial charge in [-0.25, -0.2) is 4.39 Å². The Morgan fingerprint density at radius 1 is 1.50 bits per heavy atom. The van der Waals surface area contributed by atoms with Crippen LogP contribution in [0.4, 0.5) is 4.39 Å². The van der Waals surface area contributed by atoms with Gasteiger partial charge in [0.25, 0.3) is 0 Å². The molecule has 0 fully saturated rings. The van der Waals surface area contributed by atoms with Crippen LogP contribution >= 0.6 is 27.5 Å². The number of aryl methyl sites for hydroxylation is 1. The number of alkyl halides is 1. The molecule has 0 aliphatic carbocycles. The van der Waals surface area contributed by atoms with Crippen molar-refractivity contribution in [2.45, 2.75) is 31.6 Å². The van der Waals surface area contributed by atoms with Crippen molar-refractivity contribution in [2.75, 3.05) is 0 Å². The molecule has 0 saturated carbocycles. The maximum absolute atomic E-state index is 13.1. The molecular weight excluding hydrogens is 266 g/mol. The van der Waals surface area contributed by atoms with Crippen LogP contribution < -0.4 is 0 Å². The SMILES string of the molecule is CC(Cl)CCCc1cccc(F)c1Br. The molecule has 0 aliphatic heterocycles. The summed E-state index contributed by atoms with van der Waals surface area (Å²) in [5, 5.41) is 0.197. The Hall–Kier alpha value is -0.0800. The van der Waals surface area contributed by atoms with Gasteiger partial charge in [0.2, 0.25) is 0 Å². The molecule has 1 aromatic rings. The normalized spacial score (nSPS) is 12.9. The first-order valence-corrected chi connectivity index (χ1v) is 5.91. The fraction of sp³-hybridized carbons (Fsp3) is 0.455. The molecule has 0 aromatic heterocycles. The van der Waals surface area contributed by atoms with Gasteiger partial charge in [0.15, 0.2) is 0 Å². The van der Waals surface area contributed by atoms with E-state index in [1.165, 1.54) is 6.07 Å². The van der Waals surface area contributed by atoms with E-state index < -0.39 is 0 Å². The summed E-state index contributed by atoms with van der Waals surface area (Å²) in [6.07, 6.45) is 2.83. The number of hydrogen-bond donors (Lipinski definition) is 0. The zero-order valence-corrected chi connectivity index (χ0v) is 10.4. The quantitative estimate of drug-likeness (QED) is 0.710. The summed E-state index contributed by atoms with van der Waals surface area (Å²) in [6, 6.07) is 5.13. The van der Waals surface area contributed by atoms with E-state index in [1.807, 2.05) is 13.0 Å². The van der Waals surface area contributed by atoms with E-state index in [2.05, 4.69) is 15.9 Å². The van der Waals surface area contributed by atoms with E-state index in [4.69, 9.17) is 11.6 Å². The van der Waals surface area contributed by atoms with Crippen molar-refractivity contribution in [3.05, 3.63) is 34.1 Å². The van der Waals surface area contributed by atoms with Gasteiger partial charge < -0.3 is 0 Å². The highest BCUT2D eigenvalue weighted by atomic mass is 79.9. The van der Waals surface area contributed by atoms with Crippen molar-refractivity contribution in [1.82, 2.24) is 0 Å². The molecular formula is C11H13BrClF. The Kier molecular flexibility index (Phi) is 4.90. The third kappa shape index (κ3) is 3.58. The smallest absolute Gasteiger partial charge is 0.137 e. The van der Waals surface area contributed by atoms with Gasteiger partial charge in [-0.1, -0.05) is 12.1 Å². The molecule has 0 heterocycles. The van der Waals surface area contributed by atoms with Crippen LogP contribution in [0, 0.1) is 5.82 Å². The highest BCUT2D eigenvalue weighted by Crippen LogP contribution is 2.22. The molecule has 3 heteroatoms. The fourth-order valence-electron chi connectivity index (χ4n) is 1.32. The van der Waals surface area contributed by atoms with Crippen molar-refractivity contribution in [3.63, 3.8) is 0 Å². The minimum Gasteiger partial charge on any atom is -0.206 e. The number of halogens is 3. The van der Waals surface area contributed by atoms with Gasteiger partial charge >= 0.3 is 0 Å². The third-order valence-corrected chi connectivity index (χ3v) is 3.19. The predicted molar refractivity (Wildman–Crippen MR) is 62.4 cm³/mol. The Balaban J connectivity index is 2.54. The molecule has 1 aromatic carbocycles. The summed E-state index contributed by atoms with van der Waals surface area (Å²) >= 11 is 9.07. The van der Waals surface area contributed by atoms with Gasteiger partial charge in [0, 0.05) is 5.38 Å². The summed E-state index contributed by atoms with van der Waals surface area (Å²) in [5.41, 5.74) is 1.02. The molecule has 0 aliphatic rings. The molecule has 0 saturated heterocycles. The van der Waals surface area contributed by atoms with Crippen molar-refractivity contribution in [3.8, 4) is 0 Å². The molecule has 0 radical (unpaired) electrons. The van der Waals surface area contributed by atoms with Crippen LogP contribution in [-0.2, 0) is 6.42 Å². The standard InChI is InChI=1S/C11H13BrClF/c1-8(13)4-2-5-9-6-3-7-10(14)11(9)12/h3,6-8H,2,4-5H2,1H3. The second kappa shape index (κ2) is 5.72. The Labute approximate surface area is 97.6 Å². The average molecular weight is 280 g/mol. The Morgan fingerprint density at radius 2 is 2.21 bits per heavy atom. The van der Waals surface area contributed by atoms with Crippen LogP contribution in [0.1, 0.15) is 25.3 Å². The highest BCUT2D eigenvalue weighted by molar-refractivity contribution is 9.10. The van der Waals surface area contributed by atoms with Gasteiger partial charge in [-0.3, -0.25) is 0 Å². The van der Waals surface area contributed by atoms with E-state index in [9.17, 15) is 4.39 Å². The van der Waals surface area contributed by atoms with E-state index in [0.717, 1.165) is 24.8 Å². The van der Waals surface area contributed by atoms with Gasteiger partial charge in [-0.2, -0.15) is 0 Å². The summed E-state index contributed by atoms with van der Waals surface area (Å²) in [7, 11) is 0. The minimum absolute atomic E-state index is 0.193. The second-order valence-corrected chi connectivity index (χ2v) is 4.92. The van der Waals surface area contributed by atoms with E-state index in [1.54, 1.807) is 6.07 Å². The predicted octanol–water partition coefficient (Wildman–Crippen LogP) is 4.54. The van der Waals surface area contributed by atoms with Crippen LogP contribution in [0.2, 0.25) is 0 Å². The molecule has 14 heavy (non-hydrogen) atoms.